The Balaban J connectivity index is 2.92. The molecule has 4 nitrogen and oxygen atoms in total. The normalized spacial score (nSPS) is 27.4. The number of esters is 1. The number of methoxy groups -OCH3 is 1. The zero-order valence-electron chi connectivity index (χ0n) is 9.78. The van der Waals surface area contributed by atoms with Crippen molar-refractivity contribution in [1.29, 1.82) is 5.26 Å². The summed E-state index contributed by atoms with van der Waals surface area (Å²) in [5, 5.41) is 8.98. The summed E-state index contributed by atoms with van der Waals surface area (Å²) in [4.78, 5) is 13.7. The molecule has 1 saturated heterocycles. The van der Waals surface area contributed by atoms with Crippen LogP contribution in [-0.4, -0.2) is 36.1 Å². The number of nitriles is 1. The second-order valence-electron chi connectivity index (χ2n) is 4.86. The monoisotopic (exact) mass is 210 g/mol. The molecule has 0 aromatic heterocycles. The molecule has 1 aliphatic rings. The fraction of sp³-hybridized carbons (Fsp3) is 0.818. The lowest BCUT2D eigenvalue weighted by atomic mass is 9.99. The Bertz CT molecular complexity index is 288. The van der Waals surface area contributed by atoms with Gasteiger partial charge in [0.2, 0.25) is 0 Å². The summed E-state index contributed by atoms with van der Waals surface area (Å²) in [5.41, 5.74) is -0.107. The molecule has 1 aliphatic heterocycles. The van der Waals surface area contributed by atoms with Crippen molar-refractivity contribution in [3.05, 3.63) is 0 Å². The van der Waals surface area contributed by atoms with E-state index in [0.29, 0.717) is 0 Å². The van der Waals surface area contributed by atoms with Crippen LogP contribution in [0.4, 0.5) is 0 Å². The standard InChI is InChI=1S/C11H18N2O2/c1-11(2,3)13-6-5-8(7-12)9(13)10(14)15-4/h8-9H,5-6H2,1-4H3/t8-,9+/m1/s1. The largest absolute Gasteiger partial charge is 0.468 e. The van der Waals surface area contributed by atoms with Crippen LogP contribution in [0.15, 0.2) is 0 Å². The van der Waals surface area contributed by atoms with Crippen molar-refractivity contribution in [3.8, 4) is 6.07 Å². The minimum Gasteiger partial charge on any atom is -0.468 e. The van der Waals surface area contributed by atoms with Crippen LogP contribution in [0.2, 0.25) is 0 Å². The van der Waals surface area contributed by atoms with Crippen molar-refractivity contribution in [3.63, 3.8) is 0 Å². The Morgan fingerprint density at radius 1 is 1.53 bits per heavy atom. The van der Waals surface area contributed by atoms with E-state index in [2.05, 4.69) is 6.07 Å². The Hall–Kier alpha value is -1.08. The first-order valence-electron chi connectivity index (χ1n) is 5.16. The Kier molecular flexibility index (Phi) is 3.35. The Morgan fingerprint density at radius 2 is 2.13 bits per heavy atom. The van der Waals surface area contributed by atoms with Crippen LogP contribution < -0.4 is 0 Å². The highest BCUT2D eigenvalue weighted by molar-refractivity contribution is 5.77. The highest BCUT2D eigenvalue weighted by Gasteiger charge is 2.44. The summed E-state index contributed by atoms with van der Waals surface area (Å²) in [6.07, 6.45) is 0.744. The molecule has 0 unspecified atom stereocenters. The van der Waals surface area contributed by atoms with Crippen LogP contribution in [0.3, 0.4) is 0 Å². The van der Waals surface area contributed by atoms with Crippen LogP contribution >= 0.6 is 0 Å². The van der Waals surface area contributed by atoms with Crippen LogP contribution in [0.1, 0.15) is 27.2 Å². The van der Waals surface area contributed by atoms with E-state index in [1.165, 1.54) is 7.11 Å². The highest BCUT2D eigenvalue weighted by atomic mass is 16.5. The molecule has 0 aromatic rings. The maximum Gasteiger partial charge on any atom is 0.324 e. The zero-order chi connectivity index (χ0) is 11.6. The van der Waals surface area contributed by atoms with Gasteiger partial charge in [0.15, 0.2) is 0 Å². The van der Waals surface area contributed by atoms with Crippen molar-refractivity contribution >= 4 is 5.97 Å². The van der Waals surface area contributed by atoms with Crippen LogP contribution in [0.25, 0.3) is 0 Å². The number of hydrogen-bond donors (Lipinski definition) is 0. The Morgan fingerprint density at radius 3 is 2.53 bits per heavy atom. The average molecular weight is 210 g/mol. The van der Waals surface area contributed by atoms with Crippen molar-refractivity contribution < 1.29 is 9.53 Å². The van der Waals surface area contributed by atoms with E-state index in [9.17, 15) is 4.79 Å². The molecule has 0 bridgehead atoms. The zero-order valence-corrected chi connectivity index (χ0v) is 9.78. The summed E-state index contributed by atoms with van der Waals surface area (Å²) in [5.74, 6) is -0.536. The van der Waals surface area contributed by atoms with Crippen molar-refractivity contribution in [2.45, 2.75) is 38.8 Å². The predicted molar refractivity (Wildman–Crippen MR) is 56.0 cm³/mol. The van der Waals surface area contributed by atoms with E-state index >= 15 is 0 Å². The van der Waals surface area contributed by atoms with E-state index in [1.54, 1.807) is 0 Å². The van der Waals surface area contributed by atoms with E-state index in [0.717, 1.165) is 13.0 Å². The van der Waals surface area contributed by atoms with Gasteiger partial charge in [0.25, 0.3) is 0 Å². The molecule has 0 aliphatic carbocycles. The second kappa shape index (κ2) is 4.19. The van der Waals surface area contributed by atoms with Gasteiger partial charge in [0.05, 0.1) is 19.1 Å². The van der Waals surface area contributed by atoms with Crippen molar-refractivity contribution in [2.24, 2.45) is 5.92 Å². The van der Waals surface area contributed by atoms with Gasteiger partial charge in [-0.05, 0) is 27.2 Å². The molecule has 0 amide bonds. The second-order valence-corrected chi connectivity index (χ2v) is 4.86. The lowest BCUT2D eigenvalue weighted by Crippen LogP contribution is -2.49. The smallest absolute Gasteiger partial charge is 0.324 e. The Labute approximate surface area is 90.8 Å². The molecular weight excluding hydrogens is 192 g/mol. The summed E-state index contributed by atoms with van der Waals surface area (Å²) >= 11 is 0. The summed E-state index contributed by atoms with van der Waals surface area (Å²) in [6.45, 7) is 6.91. The molecule has 0 aromatic carbocycles. The van der Waals surface area contributed by atoms with Crippen LogP contribution in [-0.2, 0) is 9.53 Å². The van der Waals surface area contributed by atoms with E-state index in [-0.39, 0.29) is 17.4 Å². The first kappa shape index (κ1) is 12.0. The number of nitrogens with zero attached hydrogens (tertiary/aromatic N) is 2. The third kappa shape index (κ3) is 2.29. The summed E-state index contributed by atoms with van der Waals surface area (Å²) in [7, 11) is 1.37. The molecule has 0 radical (unpaired) electrons. The van der Waals surface area contributed by atoms with Gasteiger partial charge in [-0.15, -0.1) is 0 Å². The molecule has 1 fully saturated rings. The number of rotatable bonds is 1. The molecule has 0 saturated carbocycles. The van der Waals surface area contributed by atoms with Gasteiger partial charge in [-0.2, -0.15) is 5.26 Å². The lowest BCUT2D eigenvalue weighted by molar-refractivity contribution is -0.148. The number of carbonyl (C=O) groups is 1. The minimum absolute atomic E-state index is 0.107. The lowest BCUT2D eigenvalue weighted by Gasteiger charge is -2.35. The number of ether oxygens (including phenoxy) is 1. The fourth-order valence-electron chi connectivity index (χ4n) is 2.09. The molecule has 0 spiro atoms. The number of hydrogen-bond acceptors (Lipinski definition) is 4. The molecule has 4 heteroatoms. The molecule has 1 heterocycles. The van der Waals surface area contributed by atoms with Gasteiger partial charge in [0, 0.05) is 12.1 Å². The van der Waals surface area contributed by atoms with Gasteiger partial charge in [0.1, 0.15) is 6.04 Å². The molecule has 84 valence electrons. The molecule has 0 N–H and O–H groups in total. The maximum atomic E-state index is 11.6. The van der Waals surface area contributed by atoms with Gasteiger partial charge in [-0.25, -0.2) is 0 Å². The predicted octanol–water partition coefficient (Wildman–Crippen LogP) is 1.17. The number of likely N-dealkylation sites (tertiary alicyclic amines) is 1. The maximum absolute atomic E-state index is 11.6. The first-order valence-corrected chi connectivity index (χ1v) is 5.16. The van der Waals surface area contributed by atoms with Gasteiger partial charge < -0.3 is 4.74 Å². The minimum atomic E-state index is -0.403. The van der Waals surface area contributed by atoms with Crippen molar-refractivity contribution in [1.82, 2.24) is 4.90 Å². The third-order valence-corrected chi connectivity index (χ3v) is 2.87. The van der Waals surface area contributed by atoms with E-state index < -0.39 is 6.04 Å². The van der Waals surface area contributed by atoms with Gasteiger partial charge >= 0.3 is 5.97 Å². The third-order valence-electron chi connectivity index (χ3n) is 2.87. The topological polar surface area (TPSA) is 53.3 Å². The molecule has 2 atom stereocenters. The quantitative estimate of drug-likeness (QED) is 0.610. The summed E-state index contributed by atoms with van der Waals surface area (Å²) < 4.78 is 4.76. The van der Waals surface area contributed by atoms with Crippen LogP contribution in [0.5, 0.6) is 0 Å². The SMILES string of the molecule is COC(=O)[C@@H]1[C@@H](C#N)CCN1C(C)(C)C. The summed E-state index contributed by atoms with van der Waals surface area (Å²) in [6, 6.07) is 1.79. The highest BCUT2D eigenvalue weighted by Crippen LogP contribution is 2.31. The number of carbonyl (C=O) groups excluding carboxylic acids is 1. The van der Waals surface area contributed by atoms with Gasteiger partial charge in [-0.1, -0.05) is 0 Å². The average Bonchev–Trinajstić information content (AvgIpc) is 2.59. The van der Waals surface area contributed by atoms with E-state index in [1.807, 2.05) is 25.7 Å². The van der Waals surface area contributed by atoms with Crippen LogP contribution in [0, 0.1) is 17.2 Å². The van der Waals surface area contributed by atoms with Gasteiger partial charge in [-0.3, -0.25) is 9.69 Å². The van der Waals surface area contributed by atoms with E-state index in [4.69, 9.17) is 10.00 Å². The first-order chi connectivity index (χ1) is 6.91. The van der Waals surface area contributed by atoms with Crippen molar-refractivity contribution in [2.75, 3.05) is 13.7 Å². The molecular formula is C11H18N2O2. The molecule has 1 rings (SSSR count). The fourth-order valence-corrected chi connectivity index (χ4v) is 2.09. The molecule has 15 heavy (non-hydrogen) atoms.